The summed E-state index contributed by atoms with van der Waals surface area (Å²) in [6.07, 6.45) is 1.75. The van der Waals surface area contributed by atoms with E-state index >= 15 is 0 Å². The number of aryl methyl sites for hydroxylation is 1. The summed E-state index contributed by atoms with van der Waals surface area (Å²) in [6, 6.07) is 13.1. The zero-order valence-corrected chi connectivity index (χ0v) is 21.4. The monoisotopic (exact) mass is 512 g/mol. The number of alkyl halides is 3. The van der Waals surface area contributed by atoms with Gasteiger partial charge in [-0.2, -0.15) is 13.2 Å². The summed E-state index contributed by atoms with van der Waals surface area (Å²) >= 11 is 0. The Kier molecular flexibility index (Phi) is 8.07. The number of benzene rings is 2. The minimum absolute atomic E-state index is 0.116. The van der Waals surface area contributed by atoms with Crippen molar-refractivity contribution in [1.29, 1.82) is 5.41 Å². The molecule has 0 bridgehead atoms. The summed E-state index contributed by atoms with van der Waals surface area (Å²) in [4.78, 5) is 16.2. The van der Waals surface area contributed by atoms with Crippen molar-refractivity contribution in [2.75, 3.05) is 6.54 Å². The molecule has 1 aliphatic rings. The number of nitrogens with two attached hydrogens (primary N) is 1. The van der Waals surface area contributed by atoms with E-state index in [-0.39, 0.29) is 16.9 Å². The summed E-state index contributed by atoms with van der Waals surface area (Å²) in [5, 5.41) is 8.28. The van der Waals surface area contributed by atoms with E-state index in [0.717, 1.165) is 31.5 Å². The van der Waals surface area contributed by atoms with Gasteiger partial charge < -0.3 is 10.3 Å². The number of nitrogens with zero attached hydrogens (tertiary/aromatic N) is 2. The van der Waals surface area contributed by atoms with Crippen LogP contribution in [0.25, 0.3) is 22.0 Å². The van der Waals surface area contributed by atoms with Gasteiger partial charge >= 0.3 is 6.18 Å². The van der Waals surface area contributed by atoms with Gasteiger partial charge in [-0.1, -0.05) is 37.1 Å². The molecule has 0 unspecified atom stereocenters. The van der Waals surface area contributed by atoms with Crippen molar-refractivity contribution in [1.82, 2.24) is 9.47 Å². The van der Waals surface area contributed by atoms with E-state index in [2.05, 4.69) is 18.7 Å². The van der Waals surface area contributed by atoms with Crippen LogP contribution in [0.15, 0.2) is 53.3 Å². The molecule has 1 fully saturated rings. The number of amidine groups is 1. The number of hydrogen-bond acceptors (Lipinski definition) is 3. The summed E-state index contributed by atoms with van der Waals surface area (Å²) < 4.78 is 41.9. The van der Waals surface area contributed by atoms with E-state index in [1.54, 1.807) is 30.3 Å². The second-order valence-electron chi connectivity index (χ2n) is 10.2. The molecule has 37 heavy (non-hydrogen) atoms. The Morgan fingerprint density at radius 1 is 1.00 bits per heavy atom. The first-order chi connectivity index (χ1) is 17.6. The maximum atomic E-state index is 13.6. The summed E-state index contributed by atoms with van der Waals surface area (Å²) in [5.74, 6) is -0.116. The fourth-order valence-electron chi connectivity index (χ4n) is 5.49. The minimum Gasteiger partial charge on any atom is -0.384 e. The van der Waals surface area contributed by atoms with Crippen molar-refractivity contribution in [3.63, 3.8) is 0 Å². The fraction of sp³-hybridized carbons (Fsp3) is 0.448. The first kappa shape index (κ1) is 26.9. The molecule has 0 amide bonds. The van der Waals surface area contributed by atoms with E-state index in [1.807, 2.05) is 0 Å². The van der Waals surface area contributed by atoms with Crippen molar-refractivity contribution < 1.29 is 13.2 Å². The first-order valence-corrected chi connectivity index (χ1v) is 13.0. The normalized spacial score (nSPS) is 18.8. The standard InChI is InChI=1S/C29H35F3N4O/c1-19-8-6-9-20(2)35(19)14-4-3-5-15-36-26-18-24(29(30,31)32)13-12-22(26)17-25(28(36)37)21-10-7-11-23(16-21)27(33)34/h7,10-13,16-20H,3-6,8-9,14-15H2,1-2H3,(H3,33,34)/t19-,20+. The zero-order chi connectivity index (χ0) is 26.7. The Labute approximate surface area is 215 Å². The number of likely N-dealkylation sites (tertiary alicyclic amines) is 1. The van der Waals surface area contributed by atoms with Gasteiger partial charge in [0.25, 0.3) is 5.56 Å². The lowest BCUT2D eigenvalue weighted by atomic mass is 9.97. The number of unbranched alkanes of at least 4 members (excludes halogenated alkanes) is 2. The largest absolute Gasteiger partial charge is 0.416 e. The second kappa shape index (κ2) is 11.1. The quantitative estimate of drug-likeness (QED) is 0.208. The molecule has 3 aromatic rings. The third-order valence-electron chi connectivity index (χ3n) is 7.58. The molecular formula is C29H35F3N4O. The number of rotatable bonds is 8. The van der Waals surface area contributed by atoms with Crippen LogP contribution in [0.3, 0.4) is 0 Å². The highest BCUT2D eigenvalue weighted by molar-refractivity contribution is 5.96. The molecule has 0 spiro atoms. The molecule has 2 heterocycles. The maximum Gasteiger partial charge on any atom is 0.416 e. The summed E-state index contributed by atoms with van der Waals surface area (Å²) in [6.45, 7) is 5.87. The highest BCUT2D eigenvalue weighted by atomic mass is 19.4. The first-order valence-electron chi connectivity index (χ1n) is 13.0. The van der Waals surface area contributed by atoms with Crippen molar-refractivity contribution in [3.05, 3.63) is 70.0 Å². The Hall–Kier alpha value is -3.13. The molecule has 0 radical (unpaired) electrons. The lowest BCUT2D eigenvalue weighted by Gasteiger charge is -2.39. The van der Waals surface area contributed by atoms with Crippen LogP contribution in [-0.2, 0) is 12.7 Å². The van der Waals surface area contributed by atoms with Crippen molar-refractivity contribution >= 4 is 16.7 Å². The number of hydrogen-bond donors (Lipinski definition) is 2. The van der Waals surface area contributed by atoms with Crippen LogP contribution in [0.4, 0.5) is 13.2 Å². The fourth-order valence-corrected chi connectivity index (χ4v) is 5.49. The van der Waals surface area contributed by atoms with Gasteiger partial charge in [-0.15, -0.1) is 0 Å². The highest BCUT2D eigenvalue weighted by Gasteiger charge is 2.31. The molecule has 5 nitrogen and oxygen atoms in total. The molecule has 198 valence electrons. The van der Waals surface area contributed by atoms with Crippen molar-refractivity contribution in [3.8, 4) is 11.1 Å². The Morgan fingerprint density at radius 2 is 1.70 bits per heavy atom. The summed E-state index contributed by atoms with van der Waals surface area (Å²) in [5.41, 5.74) is 6.25. The summed E-state index contributed by atoms with van der Waals surface area (Å²) in [7, 11) is 0. The molecule has 0 aliphatic carbocycles. The Balaban J connectivity index is 1.63. The molecule has 3 N–H and O–H groups in total. The van der Waals surface area contributed by atoms with Gasteiger partial charge in [0.05, 0.1) is 11.1 Å². The van der Waals surface area contributed by atoms with E-state index in [4.69, 9.17) is 11.1 Å². The van der Waals surface area contributed by atoms with E-state index in [1.165, 1.54) is 29.9 Å². The predicted octanol–water partition coefficient (Wildman–Crippen LogP) is 6.40. The van der Waals surface area contributed by atoms with Crippen molar-refractivity contribution in [2.45, 2.75) is 77.2 Å². The van der Waals surface area contributed by atoms with Crippen LogP contribution in [0, 0.1) is 5.41 Å². The third kappa shape index (κ3) is 6.06. The molecule has 2 atom stereocenters. The van der Waals surface area contributed by atoms with Crippen molar-refractivity contribution in [2.24, 2.45) is 5.73 Å². The average Bonchev–Trinajstić information content (AvgIpc) is 2.85. The zero-order valence-electron chi connectivity index (χ0n) is 21.4. The molecule has 0 saturated carbocycles. The minimum atomic E-state index is -4.49. The molecule has 1 saturated heterocycles. The van der Waals surface area contributed by atoms with Gasteiger partial charge in [-0.25, -0.2) is 0 Å². The number of nitrogens with one attached hydrogen (secondary N) is 1. The van der Waals surface area contributed by atoms with Gasteiger partial charge in [-0.05, 0) is 81.3 Å². The highest BCUT2D eigenvalue weighted by Crippen LogP contribution is 2.32. The number of pyridine rings is 1. The topological polar surface area (TPSA) is 75.1 Å². The Morgan fingerprint density at radius 3 is 2.38 bits per heavy atom. The molecule has 4 rings (SSSR count). The SMILES string of the molecule is C[C@@H]1CCC[C@H](C)N1CCCCCn1c(=O)c(-c2cccc(C(=N)N)c2)cc2ccc(C(F)(F)F)cc21. The molecule has 1 aromatic heterocycles. The average molecular weight is 513 g/mol. The number of piperidine rings is 1. The molecule has 8 heteroatoms. The van der Waals surface area contributed by atoms with Gasteiger partial charge in [0.2, 0.25) is 0 Å². The maximum absolute atomic E-state index is 13.6. The molecule has 1 aliphatic heterocycles. The number of halogens is 3. The molecular weight excluding hydrogens is 477 g/mol. The number of aromatic nitrogens is 1. The van der Waals surface area contributed by atoms with Crippen LogP contribution in [0.5, 0.6) is 0 Å². The van der Waals surface area contributed by atoms with Gasteiger partial charge in [0, 0.05) is 29.8 Å². The smallest absolute Gasteiger partial charge is 0.384 e. The van der Waals surface area contributed by atoms with E-state index < -0.39 is 11.7 Å². The van der Waals surface area contributed by atoms with Gasteiger partial charge in [-0.3, -0.25) is 15.1 Å². The van der Waals surface area contributed by atoms with Crippen LogP contribution in [0.1, 0.15) is 63.5 Å². The lowest BCUT2D eigenvalue weighted by Crippen LogP contribution is -2.44. The van der Waals surface area contributed by atoms with Gasteiger partial charge in [0.15, 0.2) is 0 Å². The predicted molar refractivity (Wildman–Crippen MR) is 143 cm³/mol. The molecule has 2 aromatic carbocycles. The van der Waals surface area contributed by atoms with E-state index in [9.17, 15) is 18.0 Å². The van der Waals surface area contributed by atoms with Crippen LogP contribution >= 0.6 is 0 Å². The second-order valence-corrected chi connectivity index (χ2v) is 10.2. The van der Waals surface area contributed by atoms with Crippen LogP contribution in [-0.4, -0.2) is 33.9 Å². The van der Waals surface area contributed by atoms with Crippen LogP contribution in [0.2, 0.25) is 0 Å². The van der Waals surface area contributed by atoms with Crippen LogP contribution < -0.4 is 11.3 Å². The Bertz CT molecular complexity index is 1320. The number of nitrogen functional groups attached to an aromatic ring is 1. The van der Waals surface area contributed by atoms with E-state index in [0.29, 0.717) is 47.1 Å². The lowest BCUT2D eigenvalue weighted by molar-refractivity contribution is -0.137. The number of fused-ring (bicyclic) bond motifs is 1. The third-order valence-corrected chi connectivity index (χ3v) is 7.58. The van der Waals surface area contributed by atoms with Gasteiger partial charge in [0.1, 0.15) is 5.84 Å².